The number of halogens is 1. The zero-order valence-corrected chi connectivity index (χ0v) is 25.2. The fraction of sp³-hybridized carbons (Fsp3) is 0.333. The summed E-state index contributed by atoms with van der Waals surface area (Å²) in [5.41, 5.74) is 0.882. The lowest BCUT2D eigenvalue weighted by Crippen LogP contribution is -2.56. The molecule has 3 aromatic carbocycles. The molecule has 0 spiro atoms. The van der Waals surface area contributed by atoms with Crippen molar-refractivity contribution in [2.75, 3.05) is 17.4 Å². The van der Waals surface area contributed by atoms with Gasteiger partial charge in [-0.15, -0.1) is 0 Å². The molecule has 0 saturated heterocycles. The summed E-state index contributed by atoms with van der Waals surface area (Å²) in [4.78, 5) is 28.9. The summed E-state index contributed by atoms with van der Waals surface area (Å²) < 4.78 is 29.5. The molecule has 1 atom stereocenters. The van der Waals surface area contributed by atoms with Gasteiger partial charge in [-0.1, -0.05) is 71.4 Å². The van der Waals surface area contributed by atoms with Gasteiger partial charge in [0.25, 0.3) is 10.0 Å². The highest BCUT2D eigenvalue weighted by Gasteiger charge is 2.34. The van der Waals surface area contributed by atoms with E-state index in [9.17, 15) is 18.0 Å². The standard InChI is InChI=1S/C30H36BrN3O4S/c1-5-27(29(36)32-30(2,3)4)33(21-20-23-12-8-6-9-13-23)28(35)22-34(25-18-16-24(31)17-19-25)39(37,38)26-14-10-7-11-15-26/h6-19,27H,5,20-22H2,1-4H3,(H,32,36)/t27-/m0/s1. The lowest BCUT2D eigenvalue weighted by Gasteiger charge is -2.34. The SMILES string of the molecule is CC[C@@H](C(=O)NC(C)(C)C)N(CCc1ccccc1)C(=O)CN(c1ccc(Br)cc1)S(=O)(=O)c1ccccc1. The topological polar surface area (TPSA) is 86.8 Å². The zero-order valence-electron chi connectivity index (χ0n) is 22.8. The van der Waals surface area contributed by atoms with Crippen LogP contribution in [-0.4, -0.2) is 49.8 Å². The van der Waals surface area contributed by atoms with Crippen molar-refractivity contribution in [1.82, 2.24) is 10.2 Å². The second-order valence-corrected chi connectivity index (χ2v) is 13.1. The van der Waals surface area contributed by atoms with Crippen LogP contribution in [-0.2, 0) is 26.0 Å². The van der Waals surface area contributed by atoms with E-state index in [4.69, 9.17) is 0 Å². The highest BCUT2D eigenvalue weighted by Crippen LogP contribution is 2.26. The Labute approximate surface area is 240 Å². The monoisotopic (exact) mass is 613 g/mol. The van der Waals surface area contributed by atoms with Crippen molar-refractivity contribution < 1.29 is 18.0 Å². The van der Waals surface area contributed by atoms with Crippen LogP contribution in [0.1, 0.15) is 39.7 Å². The Hall–Kier alpha value is -3.17. The van der Waals surface area contributed by atoms with Crippen molar-refractivity contribution in [1.29, 1.82) is 0 Å². The van der Waals surface area contributed by atoms with Gasteiger partial charge in [-0.3, -0.25) is 13.9 Å². The first-order valence-corrected chi connectivity index (χ1v) is 15.1. The lowest BCUT2D eigenvalue weighted by molar-refractivity contribution is -0.140. The third kappa shape index (κ3) is 8.41. The number of nitrogens with one attached hydrogen (secondary N) is 1. The van der Waals surface area contributed by atoms with E-state index < -0.39 is 34.1 Å². The summed E-state index contributed by atoms with van der Waals surface area (Å²) in [5.74, 6) is -0.725. The summed E-state index contributed by atoms with van der Waals surface area (Å²) in [5, 5.41) is 2.98. The molecule has 7 nitrogen and oxygen atoms in total. The molecule has 0 saturated carbocycles. The van der Waals surface area contributed by atoms with E-state index in [0.717, 1.165) is 14.3 Å². The Bertz CT molecular complexity index is 1340. The molecule has 0 aliphatic carbocycles. The Morgan fingerprint density at radius 2 is 1.46 bits per heavy atom. The van der Waals surface area contributed by atoms with Crippen molar-refractivity contribution >= 4 is 43.5 Å². The van der Waals surface area contributed by atoms with Crippen LogP contribution < -0.4 is 9.62 Å². The van der Waals surface area contributed by atoms with Crippen molar-refractivity contribution in [2.24, 2.45) is 0 Å². The maximum atomic E-state index is 14.0. The summed E-state index contributed by atoms with van der Waals surface area (Å²) in [7, 11) is -4.07. The molecule has 0 bridgehead atoms. The van der Waals surface area contributed by atoms with Gasteiger partial charge in [0.15, 0.2) is 0 Å². The number of carbonyl (C=O) groups excluding carboxylic acids is 2. The first kappa shape index (κ1) is 30.4. The Kier molecular flexibility index (Phi) is 10.3. The lowest BCUT2D eigenvalue weighted by atomic mass is 10.1. The molecule has 0 unspecified atom stereocenters. The van der Waals surface area contributed by atoms with Crippen LogP contribution in [0.2, 0.25) is 0 Å². The van der Waals surface area contributed by atoms with Crippen LogP contribution in [0.4, 0.5) is 5.69 Å². The number of hydrogen-bond donors (Lipinski definition) is 1. The van der Waals surface area contributed by atoms with Gasteiger partial charge < -0.3 is 10.2 Å². The number of amides is 2. The largest absolute Gasteiger partial charge is 0.350 e. The molecular formula is C30H36BrN3O4S. The Morgan fingerprint density at radius 3 is 2.00 bits per heavy atom. The number of benzene rings is 3. The predicted octanol–water partition coefficient (Wildman–Crippen LogP) is 5.41. The number of rotatable bonds is 11. The highest BCUT2D eigenvalue weighted by atomic mass is 79.9. The molecule has 0 aromatic heterocycles. The summed E-state index contributed by atoms with van der Waals surface area (Å²) in [6, 6.07) is 23.7. The van der Waals surface area contributed by atoms with E-state index >= 15 is 0 Å². The van der Waals surface area contributed by atoms with Gasteiger partial charge in [-0.05, 0) is 75.6 Å². The number of carbonyl (C=O) groups is 2. The minimum atomic E-state index is -4.07. The van der Waals surface area contributed by atoms with Crippen LogP contribution in [0.15, 0.2) is 94.3 Å². The fourth-order valence-corrected chi connectivity index (χ4v) is 5.90. The number of sulfonamides is 1. The molecule has 3 aromatic rings. The van der Waals surface area contributed by atoms with Gasteiger partial charge in [0.2, 0.25) is 11.8 Å². The van der Waals surface area contributed by atoms with Gasteiger partial charge in [0.1, 0.15) is 12.6 Å². The number of anilines is 1. The molecule has 0 heterocycles. The van der Waals surface area contributed by atoms with Crippen LogP contribution in [0, 0.1) is 0 Å². The van der Waals surface area contributed by atoms with Gasteiger partial charge in [0.05, 0.1) is 10.6 Å². The molecule has 0 fully saturated rings. The highest BCUT2D eigenvalue weighted by molar-refractivity contribution is 9.10. The molecule has 9 heteroatoms. The van der Waals surface area contributed by atoms with Crippen LogP contribution in [0.3, 0.4) is 0 Å². The third-order valence-electron chi connectivity index (χ3n) is 6.09. The van der Waals surface area contributed by atoms with E-state index in [-0.39, 0.29) is 17.3 Å². The second-order valence-electron chi connectivity index (χ2n) is 10.3. The average Bonchev–Trinajstić information content (AvgIpc) is 2.90. The summed E-state index contributed by atoms with van der Waals surface area (Å²) in [6.07, 6.45) is 0.905. The molecule has 0 aliphatic heterocycles. The number of hydrogen-bond acceptors (Lipinski definition) is 4. The van der Waals surface area contributed by atoms with Crippen molar-refractivity contribution in [3.8, 4) is 0 Å². The minimum Gasteiger partial charge on any atom is -0.350 e. The Morgan fingerprint density at radius 1 is 0.897 bits per heavy atom. The quantitative estimate of drug-likeness (QED) is 0.313. The zero-order chi connectivity index (χ0) is 28.6. The van der Waals surface area contributed by atoms with Gasteiger partial charge >= 0.3 is 0 Å². The molecule has 3 rings (SSSR count). The average molecular weight is 615 g/mol. The van der Waals surface area contributed by atoms with E-state index in [0.29, 0.717) is 18.5 Å². The first-order chi connectivity index (χ1) is 18.4. The second kappa shape index (κ2) is 13.3. The Balaban J connectivity index is 2.00. The maximum absolute atomic E-state index is 14.0. The van der Waals surface area contributed by atoms with Crippen molar-refractivity contribution in [3.05, 3.63) is 95.0 Å². The van der Waals surface area contributed by atoms with Gasteiger partial charge in [0, 0.05) is 16.6 Å². The molecule has 39 heavy (non-hydrogen) atoms. The molecular weight excluding hydrogens is 578 g/mol. The van der Waals surface area contributed by atoms with Crippen LogP contribution in [0.25, 0.3) is 0 Å². The van der Waals surface area contributed by atoms with Gasteiger partial charge in [-0.25, -0.2) is 8.42 Å². The smallest absolute Gasteiger partial charge is 0.264 e. The normalized spacial score (nSPS) is 12.4. The molecule has 2 amide bonds. The molecule has 0 radical (unpaired) electrons. The van der Waals surface area contributed by atoms with Crippen LogP contribution in [0.5, 0.6) is 0 Å². The van der Waals surface area contributed by atoms with E-state index in [2.05, 4.69) is 21.2 Å². The fourth-order valence-electron chi connectivity index (χ4n) is 4.20. The molecule has 0 aliphatic rings. The molecule has 208 valence electrons. The van der Waals surface area contributed by atoms with Gasteiger partial charge in [-0.2, -0.15) is 0 Å². The summed E-state index contributed by atoms with van der Waals surface area (Å²) in [6.45, 7) is 7.31. The van der Waals surface area contributed by atoms with E-state index in [1.807, 2.05) is 58.0 Å². The number of nitrogens with zero attached hydrogens (tertiary/aromatic N) is 2. The third-order valence-corrected chi connectivity index (χ3v) is 8.41. The first-order valence-electron chi connectivity index (χ1n) is 12.9. The molecule has 1 N–H and O–H groups in total. The summed E-state index contributed by atoms with van der Waals surface area (Å²) >= 11 is 3.39. The van der Waals surface area contributed by atoms with E-state index in [1.165, 1.54) is 17.0 Å². The predicted molar refractivity (Wildman–Crippen MR) is 159 cm³/mol. The van der Waals surface area contributed by atoms with Crippen molar-refractivity contribution in [2.45, 2.75) is 57.0 Å². The van der Waals surface area contributed by atoms with Crippen LogP contribution >= 0.6 is 15.9 Å². The minimum absolute atomic E-state index is 0.0778. The van der Waals surface area contributed by atoms with E-state index in [1.54, 1.807) is 42.5 Å². The maximum Gasteiger partial charge on any atom is 0.264 e. The van der Waals surface area contributed by atoms with Crippen molar-refractivity contribution in [3.63, 3.8) is 0 Å².